The fraction of sp³-hybridized carbons (Fsp3) is 0.533. The van der Waals surface area contributed by atoms with Crippen molar-refractivity contribution >= 4 is 5.78 Å². The molecule has 0 fully saturated rings. The van der Waals surface area contributed by atoms with E-state index >= 15 is 0 Å². The first-order valence-corrected chi connectivity index (χ1v) is 6.24. The monoisotopic (exact) mass is 234 g/mol. The minimum absolute atomic E-state index is 0.164. The first kappa shape index (κ1) is 13.9. The second kappa shape index (κ2) is 7.23. The molecule has 0 aliphatic heterocycles. The minimum atomic E-state index is 0.164. The molecule has 2 nitrogen and oxygen atoms in total. The molecule has 0 heterocycles. The van der Waals surface area contributed by atoms with Crippen LogP contribution in [0.1, 0.15) is 47.7 Å². The molecule has 17 heavy (non-hydrogen) atoms. The summed E-state index contributed by atoms with van der Waals surface area (Å²) in [5.74, 6) is 0.164. The number of hydrogen-bond acceptors (Lipinski definition) is 2. The molecule has 0 saturated heterocycles. The molecule has 2 heteroatoms. The normalized spacial score (nSPS) is 10.5. The number of Topliss-reactive ketones (excluding diaryl/α,β-unsaturated/α-hetero) is 1. The lowest BCUT2D eigenvalue weighted by atomic mass is 9.97. The second-order valence-electron chi connectivity index (χ2n) is 4.52. The van der Waals surface area contributed by atoms with Crippen LogP contribution < -0.4 is 0 Å². The van der Waals surface area contributed by atoms with Gasteiger partial charge in [0.25, 0.3) is 0 Å². The summed E-state index contributed by atoms with van der Waals surface area (Å²) in [6.07, 6.45) is 4.35. The van der Waals surface area contributed by atoms with Gasteiger partial charge in [-0.2, -0.15) is 0 Å². The average molecular weight is 234 g/mol. The lowest BCUT2D eigenvalue weighted by Crippen LogP contribution is -2.00. The Morgan fingerprint density at radius 3 is 2.65 bits per heavy atom. The van der Waals surface area contributed by atoms with Crippen LogP contribution in [0.2, 0.25) is 0 Å². The van der Waals surface area contributed by atoms with Gasteiger partial charge >= 0.3 is 0 Å². The highest BCUT2D eigenvalue weighted by Crippen LogP contribution is 2.15. The van der Waals surface area contributed by atoms with Gasteiger partial charge in [-0.15, -0.1) is 0 Å². The first-order chi connectivity index (χ1) is 8.15. The number of aryl methyl sites for hydroxylation is 2. The predicted octanol–water partition coefficient (Wildman–Crippen LogP) is 3.56. The van der Waals surface area contributed by atoms with Crippen LogP contribution in [0.25, 0.3) is 0 Å². The largest absolute Gasteiger partial charge is 0.385 e. The average Bonchev–Trinajstić information content (AvgIpc) is 2.28. The molecule has 0 N–H and O–H groups in total. The van der Waals surface area contributed by atoms with E-state index in [1.807, 2.05) is 12.1 Å². The van der Waals surface area contributed by atoms with Crippen LogP contribution in [0.15, 0.2) is 18.2 Å². The Labute approximate surface area is 104 Å². The summed E-state index contributed by atoms with van der Waals surface area (Å²) >= 11 is 0. The molecule has 1 rings (SSSR count). The van der Waals surface area contributed by atoms with Gasteiger partial charge in [0.2, 0.25) is 0 Å². The third-order valence-corrected chi connectivity index (χ3v) is 2.93. The molecule has 0 saturated carbocycles. The fourth-order valence-electron chi connectivity index (χ4n) is 2.01. The Balaban J connectivity index is 2.56. The summed E-state index contributed by atoms with van der Waals surface area (Å²) in [7, 11) is 1.73. The minimum Gasteiger partial charge on any atom is -0.385 e. The van der Waals surface area contributed by atoms with Crippen LogP contribution in [0.4, 0.5) is 0 Å². The third-order valence-electron chi connectivity index (χ3n) is 2.93. The number of carbonyl (C=O) groups is 1. The highest BCUT2D eigenvalue weighted by atomic mass is 16.5. The van der Waals surface area contributed by atoms with Crippen molar-refractivity contribution in [3.8, 4) is 0 Å². The van der Waals surface area contributed by atoms with E-state index in [9.17, 15) is 4.79 Å². The van der Waals surface area contributed by atoms with Gasteiger partial charge in [-0.25, -0.2) is 0 Å². The van der Waals surface area contributed by atoms with E-state index in [2.05, 4.69) is 13.0 Å². The topological polar surface area (TPSA) is 26.3 Å². The molecule has 0 amide bonds. The number of benzene rings is 1. The van der Waals surface area contributed by atoms with Crippen LogP contribution in [-0.2, 0) is 11.2 Å². The molecule has 0 unspecified atom stereocenters. The van der Waals surface area contributed by atoms with E-state index in [1.165, 1.54) is 11.1 Å². The molecule has 1 aromatic rings. The van der Waals surface area contributed by atoms with E-state index in [4.69, 9.17) is 4.74 Å². The Bertz CT molecular complexity index is 369. The van der Waals surface area contributed by atoms with Gasteiger partial charge in [-0.3, -0.25) is 4.79 Å². The lowest BCUT2D eigenvalue weighted by molar-refractivity contribution is 0.101. The molecule has 0 radical (unpaired) electrons. The standard InChI is InChI=1S/C15H22O2/c1-12-8-9-15(13(2)16)14(11-12)7-5-4-6-10-17-3/h8-9,11H,4-7,10H2,1-3H3. The Kier molecular flexibility index (Phi) is 5.92. The molecule has 0 atom stereocenters. The van der Waals surface area contributed by atoms with Gasteiger partial charge in [-0.1, -0.05) is 30.2 Å². The maximum atomic E-state index is 11.5. The fourth-order valence-corrected chi connectivity index (χ4v) is 2.01. The third kappa shape index (κ3) is 4.70. The Morgan fingerprint density at radius 2 is 2.00 bits per heavy atom. The molecular formula is C15H22O2. The van der Waals surface area contributed by atoms with Crippen LogP contribution in [0, 0.1) is 6.92 Å². The van der Waals surface area contributed by atoms with Gasteiger partial charge in [0.15, 0.2) is 5.78 Å². The van der Waals surface area contributed by atoms with Crippen LogP contribution in [-0.4, -0.2) is 19.5 Å². The van der Waals surface area contributed by atoms with E-state index in [-0.39, 0.29) is 5.78 Å². The van der Waals surface area contributed by atoms with Crippen molar-refractivity contribution in [1.29, 1.82) is 0 Å². The van der Waals surface area contributed by atoms with Crippen molar-refractivity contribution in [2.45, 2.75) is 39.5 Å². The lowest BCUT2D eigenvalue weighted by Gasteiger charge is -2.08. The maximum absolute atomic E-state index is 11.5. The zero-order chi connectivity index (χ0) is 12.7. The van der Waals surface area contributed by atoms with Crippen LogP contribution in [0.3, 0.4) is 0 Å². The predicted molar refractivity (Wildman–Crippen MR) is 70.6 cm³/mol. The Morgan fingerprint density at radius 1 is 1.24 bits per heavy atom. The van der Waals surface area contributed by atoms with Crippen molar-refractivity contribution < 1.29 is 9.53 Å². The van der Waals surface area contributed by atoms with Crippen molar-refractivity contribution in [2.75, 3.05) is 13.7 Å². The summed E-state index contributed by atoms with van der Waals surface area (Å²) in [6, 6.07) is 6.08. The zero-order valence-electron chi connectivity index (χ0n) is 11.1. The summed E-state index contributed by atoms with van der Waals surface area (Å²) in [5, 5.41) is 0. The maximum Gasteiger partial charge on any atom is 0.160 e. The molecule has 0 spiro atoms. The number of rotatable bonds is 7. The highest BCUT2D eigenvalue weighted by molar-refractivity contribution is 5.95. The molecular weight excluding hydrogens is 212 g/mol. The molecule has 0 aliphatic carbocycles. The van der Waals surface area contributed by atoms with Crippen molar-refractivity contribution in [3.63, 3.8) is 0 Å². The van der Waals surface area contributed by atoms with Gasteiger partial charge in [0.05, 0.1) is 0 Å². The van der Waals surface area contributed by atoms with Gasteiger partial charge in [0.1, 0.15) is 0 Å². The smallest absolute Gasteiger partial charge is 0.160 e. The van der Waals surface area contributed by atoms with E-state index in [0.29, 0.717) is 0 Å². The summed E-state index contributed by atoms with van der Waals surface area (Å²) < 4.78 is 5.02. The molecule has 94 valence electrons. The van der Waals surface area contributed by atoms with E-state index in [1.54, 1.807) is 14.0 Å². The molecule has 0 bridgehead atoms. The summed E-state index contributed by atoms with van der Waals surface area (Å²) in [5.41, 5.74) is 3.29. The van der Waals surface area contributed by atoms with Crippen molar-refractivity contribution in [1.82, 2.24) is 0 Å². The van der Waals surface area contributed by atoms with E-state index < -0.39 is 0 Å². The number of methoxy groups -OCH3 is 1. The number of ether oxygens (including phenoxy) is 1. The molecule has 0 aromatic heterocycles. The first-order valence-electron chi connectivity index (χ1n) is 6.24. The Hall–Kier alpha value is -1.15. The van der Waals surface area contributed by atoms with Gasteiger partial charge < -0.3 is 4.74 Å². The number of unbranched alkanes of at least 4 members (excludes halogenated alkanes) is 2. The molecule has 1 aromatic carbocycles. The SMILES string of the molecule is COCCCCCc1cc(C)ccc1C(C)=O. The second-order valence-corrected chi connectivity index (χ2v) is 4.52. The van der Waals surface area contributed by atoms with Crippen LogP contribution in [0.5, 0.6) is 0 Å². The van der Waals surface area contributed by atoms with Gasteiger partial charge in [0, 0.05) is 19.3 Å². The number of hydrogen-bond donors (Lipinski definition) is 0. The van der Waals surface area contributed by atoms with E-state index in [0.717, 1.165) is 37.9 Å². The number of ketones is 1. The van der Waals surface area contributed by atoms with Crippen molar-refractivity contribution in [2.24, 2.45) is 0 Å². The van der Waals surface area contributed by atoms with Crippen LogP contribution >= 0.6 is 0 Å². The molecule has 0 aliphatic rings. The summed E-state index contributed by atoms with van der Waals surface area (Å²) in [4.78, 5) is 11.5. The quantitative estimate of drug-likeness (QED) is 0.532. The number of carbonyl (C=O) groups excluding carboxylic acids is 1. The highest BCUT2D eigenvalue weighted by Gasteiger charge is 2.06. The zero-order valence-corrected chi connectivity index (χ0v) is 11.1. The van der Waals surface area contributed by atoms with Crippen molar-refractivity contribution in [3.05, 3.63) is 34.9 Å². The summed E-state index contributed by atoms with van der Waals surface area (Å²) in [6.45, 7) is 4.53. The van der Waals surface area contributed by atoms with Gasteiger partial charge in [-0.05, 0) is 38.7 Å².